The first kappa shape index (κ1) is 19.8. The zero-order valence-corrected chi connectivity index (χ0v) is 18.1. The molecule has 0 bridgehead atoms. The second-order valence-electron chi connectivity index (χ2n) is 7.46. The molecule has 3 heterocycles. The lowest BCUT2D eigenvalue weighted by Gasteiger charge is -2.26. The van der Waals surface area contributed by atoms with Crippen LogP contribution in [0, 0.1) is 6.92 Å². The number of thioether (sulfide) groups is 1. The van der Waals surface area contributed by atoms with E-state index < -0.39 is 0 Å². The molecular weight excluding hydrogens is 410 g/mol. The fourth-order valence-corrected chi connectivity index (χ4v) is 4.70. The average molecular weight is 434 g/mol. The van der Waals surface area contributed by atoms with Crippen LogP contribution in [0.1, 0.15) is 5.56 Å². The maximum absolute atomic E-state index is 12.7. The van der Waals surface area contributed by atoms with Gasteiger partial charge < -0.3 is 14.6 Å². The van der Waals surface area contributed by atoms with Gasteiger partial charge in [0.15, 0.2) is 11.0 Å². The second-order valence-corrected chi connectivity index (χ2v) is 8.40. The summed E-state index contributed by atoms with van der Waals surface area (Å²) in [5, 5.41) is 10.8. The molecule has 1 amide bonds. The monoisotopic (exact) mass is 433 g/mol. The maximum atomic E-state index is 12.7. The highest BCUT2D eigenvalue weighted by molar-refractivity contribution is 7.99. The fourth-order valence-electron chi connectivity index (χ4n) is 3.86. The van der Waals surface area contributed by atoms with E-state index in [1.165, 1.54) is 11.8 Å². The van der Waals surface area contributed by atoms with E-state index in [-0.39, 0.29) is 5.91 Å². The number of H-pyrrole nitrogens is 1. The molecule has 1 aliphatic heterocycles. The molecule has 0 spiro atoms. The van der Waals surface area contributed by atoms with Gasteiger partial charge in [0.25, 0.3) is 0 Å². The first-order chi connectivity index (χ1) is 15.2. The molecule has 0 saturated carbocycles. The Morgan fingerprint density at radius 2 is 1.87 bits per heavy atom. The highest BCUT2D eigenvalue weighted by Gasteiger charge is 2.22. The van der Waals surface area contributed by atoms with Crippen LogP contribution in [0.2, 0.25) is 0 Å². The third-order valence-corrected chi connectivity index (χ3v) is 6.42. The van der Waals surface area contributed by atoms with Gasteiger partial charge in [-0.05, 0) is 24.6 Å². The van der Waals surface area contributed by atoms with Gasteiger partial charge in [0.2, 0.25) is 5.91 Å². The van der Waals surface area contributed by atoms with Gasteiger partial charge in [-0.2, -0.15) is 0 Å². The highest BCUT2D eigenvalue weighted by Crippen LogP contribution is 2.33. The van der Waals surface area contributed by atoms with Crippen LogP contribution in [-0.4, -0.2) is 62.6 Å². The molecule has 0 aliphatic carbocycles. The number of aryl methyl sites for hydroxylation is 1. The van der Waals surface area contributed by atoms with Crippen molar-refractivity contribution >= 4 is 28.6 Å². The Balaban J connectivity index is 1.53. The Morgan fingerprint density at radius 3 is 2.71 bits per heavy atom. The number of aromatic amines is 1. The van der Waals surface area contributed by atoms with E-state index >= 15 is 0 Å². The van der Waals surface area contributed by atoms with Crippen molar-refractivity contribution in [2.75, 3.05) is 32.1 Å². The number of rotatable bonds is 5. The number of nitrogens with one attached hydrogen (secondary N) is 1. The number of para-hydroxylation sites is 2. The molecule has 8 heteroatoms. The van der Waals surface area contributed by atoms with Crippen molar-refractivity contribution in [3.05, 3.63) is 60.3 Å². The maximum Gasteiger partial charge on any atom is 0.233 e. The first-order valence-corrected chi connectivity index (χ1v) is 11.3. The molecule has 158 valence electrons. The molecular formula is C23H23N5O2S. The van der Waals surface area contributed by atoms with Gasteiger partial charge in [-0.1, -0.05) is 48.2 Å². The summed E-state index contributed by atoms with van der Waals surface area (Å²) in [6.45, 7) is 4.55. The summed E-state index contributed by atoms with van der Waals surface area (Å²) < 4.78 is 7.41. The quantitative estimate of drug-likeness (QED) is 0.486. The number of amides is 1. The van der Waals surface area contributed by atoms with Gasteiger partial charge in [0.05, 0.1) is 24.7 Å². The summed E-state index contributed by atoms with van der Waals surface area (Å²) in [6, 6.07) is 16.3. The number of morpholine rings is 1. The third-order valence-electron chi connectivity index (χ3n) is 5.51. The number of aromatic nitrogens is 4. The molecule has 0 atom stereocenters. The van der Waals surface area contributed by atoms with Crippen molar-refractivity contribution in [1.29, 1.82) is 0 Å². The molecule has 2 aromatic heterocycles. The van der Waals surface area contributed by atoms with Gasteiger partial charge in [0.1, 0.15) is 0 Å². The van der Waals surface area contributed by atoms with Crippen molar-refractivity contribution in [3.63, 3.8) is 0 Å². The van der Waals surface area contributed by atoms with Crippen molar-refractivity contribution in [2.45, 2.75) is 12.1 Å². The molecule has 2 aromatic carbocycles. The molecule has 1 saturated heterocycles. The molecule has 1 aliphatic rings. The third kappa shape index (κ3) is 3.84. The molecule has 0 unspecified atom stereocenters. The van der Waals surface area contributed by atoms with Crippen molar-refractivity contribution in [3.8, 4) is 17.1 Å². The van der Waals surface area contributed by atoms with Gasteiger partial charge in [-0.25, -0.2) is 0 Å². The Morgan fingerprint density at radius 1 is 1.10 bits per heavy atom. The molecule has 31 heavy (non-hydrogen) atoms. The van der Waals surface area contributed by atoms with Crippen LogP contribution >= 0.6 is 11.8 Å². The number of fused-ring (bicyclic) bond motifs is 1. The number of hydrogen-bond donors (Lipinski definition) is 1. The lowest BCUT2D eigenvalue weighted by atomic mass is 10.1. The summed E-state index contributed by atoms with van der Waals surface area (Å²) in [6.07, 6.45) is 1.97. The van der Waals surface area contributed by atoms with Crippen LogP contribution in [0.15, 0.2) is 59.9 Å². The summed E-state index contributed by atoms with van der Waals surface area (Å²) in [5.74, 6) is 1.17. The van der Waals surface area contributed by atoms with Crippen LogP contribution in [0.5, 0.6) is 0 Å². The summed E-state index contributed by atoms with van der Waals surface area (Å²) in [5.41, 5.74) is 4.16. The average Bonchev–Trinajstić information content (AvgIpc) is 3.42. The second kappa shape index (κ2) is 8.56. The van der Waals surface area contributed by atoms with Gasteiger partial charge in [-0.15, -0.1) is 10.2 Å². The molecule has 1 fully saturated rings. The number of ether oxygens (including phenoxy) is 1. The number of carbonyl (C=O) groups is 1. The lowest BCUT2D eigenvalue weighted by Crippen LogP contribution is -2.41. The fraction of sp³-hybridized carbons (Fsp3) is 0.261. The molecule has 7 nitrogen and oxygen atoms in total. The van der Waals surface area contributed by atoms with Crippen molar-refractivity contribution < 1.29 is 9.53 Å². The number of carbonyl (C=O) groups excluding carboxylic acids is 1. The van der Waals surface area contributed by atoms with Gasteiger partial charge in [0, 0.05) is 35.8 Å². The highest BCUT2D eigenvalue weighted by atomic mass is 32.2. The summed E-state index contributed by atoms with van der Waals surface area (Å²) in [7, 11) is 0. The number of hydrogen-bond acceptors (Lipinski definition) is 5. The summed E-state index contributed by atoms with van der Waals surface area (Å²) >= 11 is 1.42. The van der Waals surface area contributed by atoms with Gasteiger partial charge in [-0.3, -0.25) is 9.36 Å². The minimum atomic E-state index is 0.0984. The van der Waals surface area contributed by atoms with Crippen molar-refractivity contribution in [2.24, 2.45) is 0 Å². The molecule has 0 radical (unpaired) electrons. The van der Waals surface area contributed by atoms with Crippen LogP contribution in [-0.2, 0) is 9.53 Å². The summed E-state index contributed by atoms with van der Waals surface area (Å²) in [4.78, 5) is 17.9. The first-order valence-electron chi connectivity index (χ1n) is 10.3. The molecule has 1 N–H and O–H groups in total. The SMILES string of the molecule is Cc1ccccc1-n1c(SCC(=O)N2CCOCC2)nnc1-c1c[nH]c2ccccc12. The van der Waals surface area contributed by atoms with E-state index in [2.05, 4.69) is 44.9 Å². The van der Waals surface area contributed by atoms with E-state index in [9.17, 15) is 4.79 Å². The standard InChI is InChI=1S/C23H23N5O2S/c1-16-6-2-5-9-20(16)28-22(18-14-24-19-8-4-3-7-17(18)19)25-26-23(28)31-15-21(29)27-10-12-30-13-11-27/h2-9,14,24H,10-13,15H2,1H3. The number of benzene rings is 2. The Hall–Kier alpha value is -3.10. The largest absolute Gasteiger partial charge is 0.378 e. The van der Waals surface area contributed by atoms with Crippen LogP contribution in [0.4, 0.5) is 0 Å². The predicted molar refractivity (Wildman–Crippen MR) is 122 cm³/mol. The topological polar surface area (TPSA) is 76.0 Å². The Labute approximate surface area is 184 Å². The van der Waals surface area contributed by atoms with E-state index in [1.54, 1.807) is 0 Å². The lowest BCUT2D eigenvalue weighted by molar-refractivity contribution is -0.132. The van der Waals surface area contributed by atoms with E-state index in [0.717, 1.165) is 33.5 Å². The molecule has 4 aromatic rings. The Bertz CT molecular complexity index is 1230. The van der Waals surface area contributed by atoms with Crippen molar-refractivity contribution in [1.82, 2.24) is 24.6 Å². The predicted octanol–water partition coefficient (Wildman–Crippen LogP) is 3.67. The normalized spacial score (nSPS) is 14.3. The minimum absolute atomic E-state index is 0.0984. The molecule has 5 rings (SSSR count). The van der Waals surface area contributed by atoms with Crippen LogP contribution in [0.25, 0.3) is 28.0 Å². The Kier molecular flexibility index (Phi) is 5.48. The minimum Gasteiger partial charge on any atom is -0.378 e. The van der Waals surface area contributed by atoms with Crippen LogP contribution in [0.3, 0.4) is 0 Å². The zero-order chi connectivity index (χ0) is 21.2. The zero-order valence-electron chi connectivity index (χ0n) is 17.2. The van der Waals surface area contributed by atoms with E-state index in [1.807, 2.05) is 41.4 Å². The van der Waals surface area contributed by atoms with Gasteiger partial charge >= 0.3 is 0 Å². The number of nitrogens with zero attached hydrogens (tertiary/aromatic N) is 4. The van der Waals surface area contributed by atoms with Crippen LogP contribution < -0.4 is 0 Å². The smallest absolute Gasteiger partial charge is 0.233 e. The van der Waals surface area contributed by atoms with E-state index in [0.29, 0.717) is 37.2 Å². The van der Waals surface area contributed by atoms with E-state index in [4.69, 9.17) is 4.74 Å².